The van der Waals surface area contributed by atoms with E-state index in [0.717, 1.165) is 19.5 Å². The van der Waals surface area contributed by atoms with Crippen LogP contribution in [0.3, 0.4) is 0 Å². The van der Waals surface area contributed by atoms with Crippen LogP contribution in [0.2, 0.25) is 0 Å². The number of likely N-dealkylation sites (N-methyl/N-ethyl adjacent to an activating group) is 1. The zero-order chi connectivity index (χ0) is 12.7. The second kappa shape index (κ2) is 6.74. The molecule has 0 fully saturated rings. The Labute approximate surface area is 104 Å². The number of aliphatic hydroxyl groups is 1. The van der Waals surface area contributed by atoms with Crippen LogP contribution in [0, 0.1) is 0 Å². The Morgan fingerprint density at radius 2 is 1.94 bits per heavy atom. The number of nitrogens with two attached hydrogens (primary N) is 1. The lowest BCUT2D eigenvalue weighted by molar-refractivity contribution is 0.220. The number of benzene rings is 1. The van der Waals surface area contributed by atoms with Gasteiger partial charge in [-0.25, -0.2) is 0 Å². The minimum atomic E-state index is -0.0224. The topological polar surface area (TPSA) is 49.5 Å². The molecule has 0 radical (unpaired) electrons. The van der Waals surface area contributed by atoms with Crippen LogP contribution >= 0.6 is 0 Å². The van der Waals surface area contributed by atoms with Gasteiger partial charge in [0.2, 0.25) is 0 Å². The van der Waals surface area contributed by atoms with E-state index in [1.165, 1.54) is 5.56 Å². The number of hydrogen-bond acceptors (Lipinski definition) is 3. The molecule has 0 heterocycles. The van der Waals surface area contributed by atoms with Gasteiger partial charge < -0.3 is 15.7 Å². The lowest BCUT2D eigenvalue weighted by Gasteiger charge is -2.33. The first-order valence-electron chi connectivity index (χ1n) is 6.17. The molecule has 1 rings (SSSR count). The van der Waals surface area contributed by atoms with Crippen LogP contribution in [0.25, 0.3) is 0 Å². The highest BCUT2D eigenvalue weighted by Gasteiger charge is 2.26. The molecule has 0 aromatic heterocycles. The summed E-state index contributed by atoms with van der Waals surface area (Å²) < 4.78 is 0. The van der Waals surface area contributed by atoms with Gasteiger partial charge in [0.15, 0.2) is 0 Å². The van der Waals surface area contributed by atoms with E-state index in [4.69, 9.17) is 10.8 Å². The molecule has 0 saturated carbocycles. The summed E-state index contributed by atoms with van der Waals surface area (Å²) in [5.41, 5.74) is 7.19. The van der Waals surface area contributed by atoms with Crippen molar-refractivity contribution in [1.82, 2.24) is 4.90 Å². The molecule has 3 nitrogen and oxygen atoms in total. The molecule has 0 bridgehead atoms. The second-order valence-electron chi connectivity index (χ2n) is 4.95. The Morgan fingerprint density at radius 3 is 2.47 bits per heavy atom. The van der Waals surface area contributed by atoms with E-state index in [1.807, 2.05) is 6.07 Å². The Morgan fingerprint density at radius 1 is 1.29 bits per heavy atom. The Bertz CT molecular complexity index is 315. The normalized spacial score (nSPS) is 14.9. The SMILES string of the molecule is CN(CCCO)CC(C)(CN)c1ccccc1. The van der Waals surface area contributed by atoms with Gasteiger partial charge >= 0.3 is 0 Å². The Kier molecular flexibility index (Phi) is 5.62. The van der Waals surface area contributed by atoms with E-state index < -0.39 is 0 Å². The summed E-state index contributed by atoms with van der Waals surface area (Å²) in [5.74, 6) is 0. The predicted molar refractivity (Wildman–Crippen MR) is 72.0 cm³/mol. The van der Waals surface area contributed by atoms with Crippen molar-refractivity contribution in [1.29, 1.82) is 0 Å². The van der Waals surface area contributed by atoms with Crippen LogP contribution < -0.4 is 5.73 Å². The van der Waals surface area contributed by atoms with Gasteiger partial charge in [-0.1, -0.05) is 37.3 Å². The molecule has 0 aliphatic carbocycles. The average Bonchev–Trinajstić information content (AvgIpc) is 2.37. The van der Waals surface area contributed by atoms with Crippen molar-refractivity contribution >= 4 is 0 Å². The van der Waals surface area contributed by atoms with Crippen molar-refractivity contribution in [2.75, 3.05) is 33.3 Å². The average molecular weight is 236 g/mol. The molecule has 0 spiro atoms. The molecule has 3 N–H and O–H groups in total. The number of nitrogens with zero attached hydrogens (tertiary/aromatic N) is 1. The van der Waals surface area contributed by atoms with Crippen LogP contribution in [0.15, 0.2) is 30.3 Å². The molecular formula is C14H24N2O. The van der Waals surface area contributed by atoms with Gasteiger partial charge in [-0.15, -0.1) is 0 Å². The van der Waals surface area contributed by atoms with Gasteiger partial charge in [0.1, 0.15) is 0 Å². The van der Waals surface area contributed by atoms with E-state index in [-0.39, 0.29) is 12.0 Å². The van der Waals surface area contributed by atoms with Crippen molar-refractivity contribution < 1.29 is 5.11 Å². The largest absolute Gasteiger partial charge is 0.396 e. The van der Waals surface area contributed by atoms with Crippen LogP contribution in [0.1, 0.15) is 18.9 Å². The summed E-state index contributed by atoms with van der Waals surface area (Å²) in [6.07, 6.45) is 0.811. The summed E-state index contributed by atoms with van der Waals surface area (Å²) >= 11 is 0. The molecular weight excluding hydrogens is 212 g/mol. The van der Waals surface area contributed by atoms with Crippen molar-refractivity contribution in [3.8, 4) is 0 Å². The van der Waals surface area contributed by atoms with Gasteiger partial charge in [0.25, 0.3) is 0 Å². The van der Waals surface area contributed by atoms with Crippen LogP contribution in [0.4, 0.5) is 0 Å². The van der Waals surface area contributed by atoms with Gasteiger partial charge in [-0.05, 0) is 19.0 Å². The van der Waals surface area contributed by atoms with Crippen LogP contribution in [-0.4, -0.2) is 43.3 Å². The van der Waals surface area contributed by atoms with Gasteiger partial charge in [-0.2, -0.15) is 0 Å². The molecule has 0 saturated heterocycles. The molecule has 1 aromatic carbocycles. The molecule has 0 aliphatic rings. The Hall–Kier alpha value is -0.900. The smallest absolute Gasteiger partial charge is 0.0443 e. The molecule has 1 aromatic rings. The number of rotatable bonds is 7. The minimum Gasteiger partial charge on any atom is -0.396 e. The molecule has 17 heavy (non-hydrogen) atoms. The van der Waals surface area contributed by atoms with Crippen LogP contribution in [-0.2, 0) is 5.41 Å². The van der Waals surface area contributed by atoms with Crippen molar-refractivity contribution in [3.05, 3.63) is 35.9 Å². The third kappa shape index (κ3) is 4.11. The fourth-order valence-electron chi connectivity index (χ4n) is 2.13. The maximum absolute atomic E-state index is 8.84. The highest BCUT2D eigenvalue weighted by Crippen LogP contribution is 2.23. The quantitative estimate of drug-likeness (QED) is 0.748. The standard InChI is InChI=1S/C14H24N2O/c1-14(11-15,12-16(2)9-6-10-17)13-7-4-3-5-8-13/h3-5,7-8,17H,6,9-12,15H2,1-2H3. The predicted octanol–water partition coefficient (Wildman–Crippen LogP) is 1.22. The first kappa shape index (κ1) is 14.2. The molecule has 0 amide bonds. The fraction of sp³-hybridized carbons (Fsp3) is 0.571. The van der Waals surface area contributed by atoms with E-state index in [9.17, 15) is 0 Å². The second-order valence-corrected chi connectivity index (χ2v) is 4.95. The van der Waals surface area contributed by atoms with E-state index in [2.05, 4.69) is 43.1 Å². The highest BCUT2D eigenvalue weighted by molar-refractivity contribution is 5.25. The van der Waals surface area contributed by atoms with Crippen molar-refractivity contribution in [3.63, 3.8) is 0 Å². The van der Waals surface area contributed by atoms with Crippen molar-refractivity contribution in [2.24, 2.45) is 5.73 Å². The van der Waals surface area contributed by atoms with Crippen LogP contribution in [0.5, 0.6) is 0 Å². The zero-order valence-corrected chi connectivity index (χ0v) is 10.9. The Balaban J connectivity index is 2.69. The van der Waals surface area contributed by atoms with Gasteiger partial charge in [0.05, 0.1) is 0 Å². The lowest BCUT2D eigenvalue weighted by atomic mass is 9.82. The maximum Gasteiger partial charge on any atom is 0.0443 e. The number of hydrogen-bond donors (Lipinski definition) is 2. The third-order valence-electron chi connectivity index (χ3n) is 3.24. The summed E-state index contributed by atoms with van der Waals surface area (Å²) in [4.78, 5) is 2.23. The third-order valence-corrected chi connectivity index (χ3v) is 3.24. The molecule has 3 heteroatoms. The van der Waals surface area contributed by atoms with E-state index >= 15 is 0 Å². The number of aliphatic hydroxyl groups excluding tert-OH is 1. The van der Waals surface area contributed by atoms with E-state index in [0.29, 0.717) is 6.54 Å². The van der Waals surface area contributed by atoms with Gasteiger partial charge in [-0.3, -0.25) is 0 Å². The van der Waals surface area contributed by atoms with Gasteiger partial charge in [0, 0.05) is 31.7 Å². The highest BCUT2D eigenvalue weighted by atomic mass is 16.3. The summed E-state index contributed by atoms with van der Waals surface area (Å²) in [7, 11) is 2.08. The van der Waals surface area contributed by atoms with Crippen molar-refractivity contribution in [2.45, 2.75) is 18.8 Å². The minimum absolute atomic E-state index is 0.0224. The monoisotopic (exact) mass is 236 g/mol. The molecule has 1 unspecified atom stereocenters. The first-order valence-corrected chi connectivity index (χ1v) is 6.17. The summed E-state index contributed by atoms with van der Waals surface area (Å²) in [6, 6.07) is 10.4. The maximum atomic E-state index is 8.84. The first-order chi connectivity index (χ1) is 8.12. The summed E-state index contributed by atoms with van der Waals surface area (Å²) in [5, 5.41) is 8.84. The summed E-state index contributed by atoms with van der Waals surface area (Å²) in [6.45, 7) is 4.87. The molecule has 1 atom stereocenters. The molecule has 96 valence electrons. The fourth-order valence-corrected chi connectivity index (χ4v) is 2.13. The van der Waals surface area contributed by atoms with E-state index in [1.54, 1.807) is 0 Å². The molecule has 0 aliphatic heterocycles. The zero-order valence-electron chi connectivity index (χ0n) is 10.9. The lowest BCUT2D eigenvalue weighted by Crippen LogP contribution is -2.42.